The van der Waals surface area contributed by atoms with Crippen LogP contribution in [-0.2, 0) is 10.0 Å². The average Bonchev–Trinajstić information content (AvgIpc) is 3.01. The Morgan fingerprint density at radius 1 is 1.00 bits per heavy atom. The van der Waals surface area contributed by atoms with Gasteiger partial charge in [-0.3, -0.25) is 10.1 Å². The lowest BCUT2D eigenvalue weighted by Crippen LogP contribution is -2.49. The third kappa shape index (κ3) is 5.59. The van der Waals surface area contributed by atoms with Crippen molar-refractivity contribution in [1.82, 2.24) is 14.9 Å². The van der Waals surface area contributed by atoms with Crippen LogP contribution in [0.5, 0.6) is 0 Å². The Kier molecular flexibility index (Phi) is 7.87. The number of carbonyl (C=O) groups is 1. The van der Waals surface area contributed by atoms with Gasteiger partial charge in [-0.25, -0.2) is 8.42 Å². The van der Waals surface area contributed by atoms with Gasteiger partial charge in [0.2, 0.25) is 10.0 Å². The summed E-state index contributed by atoms with van der Waals surface area (Å²) in [6.07, 6.45) is 7.35. The van der Waals surface area contributed by atoms with Crippen molar-refractivity contribution in [2.24, 2.45) is 11.8 Å². The molecule has 6 nitrogen and oxygen atoms in total. The van der Waals surface area contributed by atoms with E-state index in [1.165, 1.54) is 18.6 Å². The second kappa shape index (κ2) is 10.2. The quantitative estimate of drug-likeness (QED) is 0.683. The minimum Gasteiger partial charge on any atom is -0.359 e. The van der Waals surface area contributed by atoms with Crippen molar-refractivity contribution in [1.29, 1.82) is 0 Å². The van der Waals surface area contributed by atoms with E-state index in [-0.39, 0.29) is 16.8 Å². The number of benzene rings is 1. The molecular formula is C22H33N3O3S2. The molecule has 3 atom stereocenters. The maximum Gasteiger partial charge on any atom is 0.257 e. The number of carbonyl (C=O) groups excluding carboxylic acids is 1. The lowest BCUT2D eigenvalue weighted by molar-refractivity contribution is 0.0975. The molecule has 30 heavy (non-hydrogen) atoms. The Morgan fingerprint density at radius 2 is 1.63 bits per heavy atom. The van der Waals surface area contributed by atoms with Crippen molar-refractivity contribution in [3.8, 4) is 0 Å². The Bertz CT molecular complexity index is 847. The molecular weight excluding hydrogens is 418 g/mol. The SMILES string of the molecule is C[C@H]1[C@H](C)CCC[C@@H]1NC(=S)NC(=O)c1ccc(S(=O)(=O)N2CCCCCC2)cc1. The molecule has 166 valence electrons. The molecule has 0 spiro atoms. The third-order valence-electron chi connectivity index (χ3n) is 6.57. The number of sulfonamides is 1. The van der Waals surface area contributed by atoms with Crippen molar-refractivity contribution in [2.45, 2.75) is 69.7 Å². The highest BCUT2D eigenvalue weighted by Crippen LogP contribution is 2.29. The van der Waals surface area contributed by atoms with Gasteiger partial charge in [0.25, 0.3) is 5.91 Å². The van der Waals surface area contributed by atoms with Gasteiger partial charge in [-0.1, -0.05) is 39.5 Å². The smallest absolute Gasteiger partial charge is 0.257 e. The summed E-state index contributed by atoms with van der Waals surface area (Å²) < 4.78 is 27.3. The lowest BCUT2D eigenvalue weighted by atomic mass is 9.78. The Labute approximate surface area is 185 Å². The molecule has 2 fully saturated rings. The molecule has 1 heterocycles. The highest BCUT2D eigenvalue weighted by molar-refractivity contribution is 7.89. The Hall–Kier alpha value is -1.51. The molecule has 1 amide bonds. The Balaban J connectivity index is 1.60. The van der Waals surface area contributed by atoms with Crippen LogP contribution in [-0.4, -0.2) is 42.9 Å². The number of hydrogen-bond acceptors (Lipinski definition) is 4. The van der Waals surface area contributed by atoms with Gasteiger partial charge in [0.15, 0.2) is 5.11 Å². The fraction of sp³-hybridized carbons (Fsp3) is 0.636. The van der Waals surface area contributed by atoms with Crippen LogP contribution in [0.2, 0.25) is 0 Å². The van der Waals surface area contributed by atoms with Crippen LogP contribution in [0.25, 0.3) is 0 Å². The van der Waals surface area contributed by atoms with Crippen molar-refractivity contribution < 1.29 is 13.2 Å². The van der Waals surface area contributed by atoms with Gasteiger partial charge in [0.1, 0.15) is 0 Å². The number of hydrogen-bond donors (Lipinski definition) is 2. The average molecular weight is 452 g/mol. The van der Waals surface area contributed by atoms with Gasteiger partial charge in [0, 0.05) is 24.7 Å². The van der Waals surface area contributed by atoms with Gasteiger partial charge in [0.05, 0.1) is 4.90 Å². The molecule has 2 aliphatic rings. The second-order valence-electron chi connectivity index (χ2n) is 8.64. The number of nitrogens with zero attached hydrogens (tertiary/aromatic N) is 1. The van der Waals surface area contributed by atoms with E-state index in [1.807, 2.05) is 0 Å². The fourth-order valence-electron chi connectivity index (χ4n) is 4.37. The Morgan fingerprint density at radius 3 is 2.27 bits per heavy atom. The van der Waals surface area contributed by atoms with Crippen LogP contribution >= 0.6 is 12.2 Å². The first-order valence-electron chi connectivity index (χ1n) is 11.0. The van der Waals surface area contributed by atoms with E-state index in [0.29, 0.717) is 35.6 Å². The molecule has 1 aromatic rings. The monoisotopic (exact) mass is 451 g/mol. The zero-order valence-electron chi connectivity index (χ0n) is 17.9. The van der Waals surface area contributed by atoms with Crippen molar-refractivity contribution in [3.05, 3.63) is 29.8 Å². The summed E-state index contributed by atoms with van der Waals surface area (Å²) in [6.45, 7) is 5.59. The molecule has 1 aromatic carbocycles. The van der Waals surface area contributed by atoms with Gasteiger partial charge < -0.3 is 5.32 Å². The topological polar surface area (TPSA) is 78.5 Å². The molecule has 3 rings (SSSR count). The first-order chi connectivity index (χ1) is 14.3. The maximum absolute atomic E-state index is 12.9. The highest BCUT2D eigenvalue weighted by Gasteiger charge is 2.28. The van der Waals surface area contributed by atoms with Gasteiger partial charge in [-0.15, -0.1) is 0 Å². The summed E-state index contributed by atoms with van der Waals surface area (Å²) in [5, 5.41) is 6.34. The normalized spacial score (nSPS) is 25.9. The van der Waals surface area contributed by atoms with E-state index in [2.05, 4.69) is 24.5 Å². The van der Waals surface area contributed by atoms with Crippen molar-refractivity contribution in [3.63, 3.8) is 0 Å². The van der Waals surface area contributed by atoms with Crippen LogP contribution in [0.15, 0.2) is 29.2 Å². The molecule has 0 aromatic heterocycles. The summed E-state index contributed by atoms with van der Waals surface area (Å²) in [4.78, 5) is 12.8. The van der Waals surface area contributed by atoms with Crippen LogP contribution in [0, 0.1) is 11.8 Å². The number of amides is 1. The molecule has 0 bridgehead atoms. The summed E-state index contributed by atoms with van der Waals surface area (Å²) in [5.74, 6) is 0.799. The summed E-state index contributed by atoms with van der Waals surface area (Å²) in [6, 6.07) is 6.39. The predicted molar refractivity (Wildman–Crippen MR) is 123 cm³/mol. The van der Waals surface area contributed by atoms with E-state index in [9.17, 15) is 13.2 Å². The molecule has 2 N–H and O–H groups in total. The van der Waals surface area contributed by atoms with Crippen LogP contribution in [0.4, 0.5) is 0 Å². The van der Waals surface area contributed by atoms with Crippen molar-refractivity contribution >= 4 is 33.3 Å². The number of nitrogens with one attached hydrogen (secondary N) is 2. The zero-order valence-corrected chi connectivity index (χ0v) is 19.5. The molecule has 1 saturated heterocycles. The van der Waals surface area contributed by atoms with Gasteiger partial charge in [-0.05, 0) is 67.6 Å². The standard InChI is InChI=1S/C22H33N3O3S2/c1-16-8-7-9-20(17(16)2)23-22(29)24-21(26)18-10-12-19(13-11-18)30(27,28)25-14-5-3-4-6-15-25/h10-13,16-17,20H,3-9,14-15H2,1-2H3,(H2,23,24,26,29)/t16-,17+,20+/m1/s1. The molecule has 8 heteroatoms. The molecule has 1 saturated carbocycles. The minimum atomic E-state index is -3.52. The summed E-state index contributed by atoms with van der Waals surface area (Å²) in [5.41, 5.74) is 0.388. The van der Waals surface area contributed by atoms with Gasteiger partial charge in [-0.2, -0.15) is 4.31 Å². The highest BCUT2D eigenvalue weighted by atomic mass is 32.2. The third-order valence-corrected chi connectivity index (χ3v) is 8.70. The van der Waals surface area contributed by atoms with E-state index < -0.39 is 10.0 Å². The van der Waals surface area contributed by atoms with E-state index in [4.69, 9.17) is 12.2 Å². The molecule has 1 aliphatic heterocycles. The lowest BCUT2D eigenvalue weighted by Gasteiger charge is -2.35. The van der Waals surface area contributed by atoms with E-state index in [0.717, 1.165) is 38.5 Å². The van der Waals surface area contributed by atoms with Crippen molar-refractivity contribution in [2.75, 3.05) is 13.1 Å². The number of thiocarbonyl (C=S) groups is 1. The van der Waals surface area contributed by atoms with Crippen LogP contribution in [0.1, 0.15) is 69.2 Å². The first-order valence-corrected chi connectivity index (χ1v) is 12.9. The maximum atomic E-state index is 12.9. The minimum absolute atomic E-state index is 0.228. The van der Waals surface area contributed by atoms with E-state index >= 15 is 0 Å². The first kappa shape index (κ1) is 23.2. The zero-order chi connectivity index (χ0) is 21.7. The van der Waals surface area contributed by atoms with E-state index in [1.54, 1.807) is 16.4 Å². The fourth-order valence-corrected chi connectivity index (χ4v) is 6.14. The number of rotatable bonds is 4. The molecule has 0 unspecified atom stereocenters. The summed E-state index contributed by atoms with van der Waals surface area (Å²) in [7, 11) is -3.52. The van der Waals surface area contributed by atoms with Gasteiger partial charge >= 0.3 is 0 Å². The van der Waals surface area contributed by atoms with Crippen LogP contribution in [0.3, 0.4) is 0 Å². The second-order valence-corrected chi connectivity index (χ2v) is 11.0. The largest absolute Gasteiger partial charge is 0.359 e. The molecule has 0 radical (unpaired) electrons. The van der Waals surface area contributed by atoms with Crippen LogP contribution < -0.4 is 10.6 Å². The summed E-state index contributed by atoms with van der Waals surface area (Å²) >= 11 is 5.34. The predicted octanol–water partition coefficient (Wildman–Crippen LogP) is 3.68. The molecule has 1 aliphatic carbocycles.